The van der Waals surface area contributed by atoms with Gasteiger partial charge in [0.15, 0.2) is 0 Å². The first-order valence-corrected chi connectivity index (χ1v) is 22.9. The van der Waals surface area contributed by atoms with Gasteiger partial charge in [-0.1, -0.05) is 158 Å². The summed E-state index contributed by atoms with van der Waals surface area (Å²) in [6, 6.07) is 71.8. The van der Waals surface area contributed by atoms with Crippen molar-refractivity contribution in [3.63, 3.8) is 0 Å². The van der Waals surface area contributed by atoms with Crippen molar-refractivity contribution in [2.75, 3.05) is 14.2 Å². The highest BCUT2D eigenvalue weighted by molar-refractivity contribution is 6.12. The molecule has 10 aromatic carbocycles. The standard InChI is InChI=1S/C64H46O6/c1-67-55-35-25-49(26-36-55)63(65)69-57-31-15-43(16-32-57)13-19-47-21-23-53-41-51(45-9-5-3-6-10-45)29-39-59(53)61(47)62-48(22-24-54-42-52(30-40-60(54)62)46-11-7-4-8-12-46)20-14-44-17-33-58(34-18-44)70-64(66)50-27-37-56(68-2)38-28-50/h3-42H,1-2H3/b19-13-,20-14-. The third-order valence-electron chi connectivity index (χ3n) is 12.3. The summed E-state index contributed by atoms with van der Waals surface area (Å²) in [6.45, 7) is 0. The topological polar surface area (TPSA) is 71.1 Å². The number of ether oxygens (including phenoxy) is 4. The summed E-state index contributed by atoms with van der Waals surface area (Å²) in [5.74, 6) is 1.34. The molecule has 0 amide bonds. The van der Waals surface area contributed by atoms with Crippen molar-refractivity contribution in [1.29, 1.82) is 0 Å². The maximum Gasteiger partial charge on any atom is 0.343 e. The van der Waals surface area contributed by atoms with Crippen LogP contribution in [0.1, 0.15) is 43.0 Å². The minimum atomic E-state index is -0.443. The van der Waals surface area contributed by atoms with E-state index >= 15 is 0 Å². The zero-order valence-corrected chi connectivity index (χ0v) is 38.5. The molecule has 0 fully saturated rings. The zero-order valence-electron chi connectivity index (χ0n) is 38.5. The Kier molecular flexibility index (Phi) is 12.9. The Morgan fingerprint density at radius 1 is 0.343 bits per heavy atom. The molecular formula is C64H46O6. The van der Waals surface area contributed by atoms with Gasteiger partial charge in [0.05, 0.1) is 25.3 Å². The van der Waals surface area contributed by atoms with Gasteiger partial charge in [-0.25, -0.2) is 9.59 Å². The van der Waals surface area contributed by atoms with Crippen LogP contribution in [0.2, 0.25) is 0 Å². The average Bonchev–Trinajstić information content (AvgIpc) is 3.42. The van der Waals surface area contributed by atoms with Crippen molar-refractivity contribution in [2.45, 2.75) is 0 Å². The molecule has 0 saturated carbocycles. The largest absolute Gasteiger partial charge is 0.497 e. The molecule has 0 atom stereocenters. The number of fused-ring (bicyclic) bond motifs is 2. The number of methoxy groups -OCH3 is 2. The predicted octanol–water partition coefficient (Wildman–Crippen LogP) is 15.8. The summed E-state index contributed by atoms with van der Waals surface area (Å²) >= 11 is 0. The van der Waals surface area contributed by atoms with E-state index in [2.05, 4.69) is 133 Å². The van der Waals surface area contributed by atoms with Crippen LogP contribution in [0.4, 0.5) is 0 Å². The highest BCUT2D eigenvalue weighted by Gasteiger charge is 2.18. The van der Waals surface area contributed by atoms with Gasteiger partial charge in [-0.15, -0.1) is 0 Å². The molecule has 0 saturated heterocycles. The van der Waals surface area contributed by atoms with Gasteiger partial charge in [0.2, 0.25) is 0 Å². The van der Waals surface area contributed by atoms with E-state index in [1.54, 1.807) is 62.8 Å². The van der Waals surface area contributed by atoms with Crippen molar-refractivity contribution in [3.8, 4) is 56.4 Å². The molecule has 0 unspecified atom stereocenters. The molecule has 0 aromatic heterocycles. The summed E-state index contributed by atoms with van der Waals surface area (Å²) < 4.78 is 21.9. The lowest BCUT2D eigenvalue weighted by Crippen LogP contribution is -2.08. The van der Waals surface area contributed by atoms with Crippen LogP contribution in [0.3, 0.4) is 0 Å². The summed E-state index contributed by atoms with van der Waals surface area (Å²) in [6.07, 6.45) is 8.51. The van der Waals surface area contributed by atoms with Crippen LogP contribution in [0.25, 0.3) is 79.2 Å². The van der Waals surface area contributed by atoms with Crippen LogP contribution in [0, 0.1) is 0 Å². The molecule has 70 heavy (non-hydrogen) atoms. The number of hydrogen-bond acceptors (Lipinski definition) is 6. The first kappa shape index (κ1) is 44.6. The van der Waals surface area contributed by atoms with Gasteiger partial charge in [-0.2, -0.15) is 0 Å². The van der Waals surface area contributed by atoms with Crippen molar-refractivity contribution >= 4 is 57.8 Å². The number of carbonyl (C=O) groups is 2. The van der Waals surface area contributed by atoms with Crippen LogP contribution < -0.4 is 18.9 Å². The normalized spacial score (nSPS) is 11.3. The van der Waals surface area contributed by atoms with Gasteiger partial charge < -0.3 is 18.9 Å². The van der Waals surface area contributed by atoms with Gasteiger partial charge in [-0.05, 0) is 162 Å². The molecular weight excluding hydrogens is 865 g/mol. The van der Waals surface area contributed by atoms with E-state index in [-0.39, 0.29) is 0 Å². The second kappa shape index (κ2) is 20.3. The van der Waals surface area contributed by atoms with E-state index in [0.717, 1.165) is 77.2 Å². The fourth-order valence-electron chi connectivity index (χ4n) is 8.60. The molecule has 0 aliphatic heterocycles. The monoisotopic (exact) mass is 910 g/mol. The molecule has 0 spiro atoms. The predicted molar refractivity (Wildman–Crippen MR) is 284 cm³/mol. The Morgan fingerprint density at radius 2 is 0.714 bits per heavy atom. The molecule has 0 aliphatic carbocycles. The molecule has 0 bridgehead atoms. The van der Waals surface area contributed by atoms with Crippen LogP contribution in [-0.4, -0.2) is 26.2 Å². The maximum atomic E-state index is 12.9. The first-order valence-electron chi connectivity index (χ1n) is 22.9. The number of esters is 2. The average molecular weight is 911 g/mol. The second-order valence-electron chi connectivity index (χ2n) is 16.7. The molecule has 6 nitrogen and oxygen atoms in total. The van der Waals surface area contributed by atoms with Gasteiger partial charge in [0, 0.05) is 0 Å². The minimum absolute atomic E-state index is 0.435. The number of benzene rings is 10. The number of rotatable bonds is 13. The zero-order chi connectivity index (χ0) is 47.8. The smallest absolute Gasteiger partial charge is 0.343 e. The van der Waals surface area contributed by atoms with E-state index in [0.29, 0.717) is 34.1 Å². The molecule has 6 heteroatoms. The fourth-order valence-corrected chi connectivity index (χ4v) is 8.60. The Hall–Kier alpha value is -9.26. The lowest BCUT2D eigenvalue weighted by molar-refractivity contribution is 0.0725. The molecule has 0 heterocycles. The molecule has 10 rings (SSSR count). The number of hydrogen-bond donors (Lipinski definition) is 0. The van der Waals surface area contributed by atoms with Gasteiger partial charge >= 0.3 is 11.9 Å². The van der Waals surface area contributed by atoms with E-state index in [1.807, 2.05) is 60.7 Å². The lowest BCUT2D eigenvalue weighted by atomic mass is 9.85. The van der Waals surface area contributed by atoms with Crippen molar-refractivity contribution in [2.24, 2.45) is 0 Å². The molecule has 0 aliphatic rings. The van der Waals surface area contributed by atoms with Crippen molar-refractivity contribution in [1.82, 2.24) is 0 Å². The third kappa shape index (κ3) is 9.89. The van der Waals surface area contributed by atoms with Crippen molar-refractivity contribution < 1.29 is 28.5 Å². The quantitative estimate of drug-likeness (QED) is 0.0652. The Labute approximate surface area is 407 Å². The first-order chi connectivity index (χ1) is 34.4. The molecule has 0 N–H and O–H groups in total. The summed E-state index contributed by atoms with van der Waals surface area (Å²) in [5.41, 5.74) is 11.6. The highest BCUT2D eigenvalue weighted by Crippen LogP contribution is 2.42. The van der Waals surface area contributed by atoms with Gasteiger partial charge in [-0.3, -0.25) is 0 Å². The van der Waals surface area contributed by atoms with Crippen LogP contribution in [0.15, 0.2) is 218 Å². The second-order valence-corrected chi connectivity index (χ2v) is 16.7. The maximum absolute atomic E-state index is 12.9. The SMILES string of the molecule is COc1ccc(C(=O)Oc2ccc(/C=C\c3ccc4cc(-c5ccccc5)ccc4c3-c3c(/C=C\c4ccc(OC(=O)c5ccc(OC)cc5)cc4)ccc4cc(-c5ccccc5)ccc34)cc2)cc1. The van der Waals surface area contributed by atoms with E-state index in [4.69, 9.17) is 18.9 Å². The molecule has 10 aromatic rings. The third-order valence-corrected chi connectivity index (χ3v) is 12.3. The van der Waals surface area contributed by atoms with E-state index < -0.39 is 11.9 Å². The van der Waals surface area contributed by atoms with Crippen LogP contribution in [0.5, 0.6) is 23.0 Å². The fraction of sp³-hybridized carbons (Fsp3) is 0.0312. The van der Waals surface area contributed by atoms with Gasteiger partial charge in [0.1, 0.15) is 23.0 Å². The summed E-state index contributed by atoms with van der Waals surface area (Å²) in [4.78, 5) is 25.9. The highest BCUT2D eigenvalue weighted by atomic mass is 16.5. The molecule has 0 radical (unpaired) electrons. The minimum Gasteiger partial charge on any atom is -0.497 e. The van der Waals surface area contributed by atoms with E-state index in [1.165, 1.54) is 0 Å². The van der Waals surface area contributed by atoms with Crippen LogP contribution in [-0.2, 0) is 0 Å². The summed E-state index contributed by atoms with van der Waals surface area (Å²) in [5, 5.41) is 4.45. The van der Waals surface area contributed by atoms with Gasteiger partial charge in [0.25, 0.3) is 0 Å². The molecule has 338 valence electrons. The van der Waals surface area contributed by atoms with Crippen molar-refractivity contribution in [3.05, 3.63) is 252 Å². The number of carbonyl (C=O) groups excluding carboxylic acids is 2. The summed E-state index contributed by atoms with van der Waals surface area (Å²) in [7, 11) is 3.17. The Bertz CT molecular complexity index is 3300. The van der Waals surface area contributed by atoms with Crippen LogP contribution >= 0.6 is 0 Å². The lowest BCUT2D eigenvalue weighted by Gasteiger charge is -2.18. The van der Waals surface area contributed by atoms with E-state index in [9.17, 15) is 9.59 Å². The Morgan fingerprint density at radius 3 is 1.09 bits per heavy atom. The Balaban J connectivity index is 1.05.